The van der Waals surface area contributed by atoms with Gasteiger partial charge in [-0.15, -0.1) is 0 Å². The Kier molecular flexibility index (Phi) is 5.07. The van der Waals surface area contributed by atoms with Crippen LogP contribution in [-0.2, 0) is 23.1 Å². The number of carbonyl (C=O) groups is 2. The van der Waals surface area contributed by atoms with E-state index >= 15 is 0 Å². The van der Waals surface area contributed by atoms with E-state index in [4.69, 9.17) is 4.74 Å². The zero-order valence-corrected chi connectivity index (χ0v) is 18.0. The summed E-state index contributed by atoms with van der Waals surface area (Å²) in [7, 11) is 1.77. The fourth-order valence-electron chi connectivity index (χ4n) is 4.51. The molecule has 2 saturated heterocycles. The van der Waals surface area contributed by atoms with Gasteiger partial charge >= 0.3 is 0 Å². The monoisotopic (exact) mass is 437 g/mol. The van der Waals surface area contributed by atoms with Gasteiger partial charge < -0.3 is 14.5 Å². The first-order valence-corrected chi connectivity index (χ1v) is 11.1. The highest BCUT2D eigenvalue weighted by Crippen LogP contribution is 2.42. The summed E-state index contributed by atoms with van der Waals surface area (Å²) >= 11 is 1.62. The topological polar surface area (TPSA) is 80.6 Å². The molecule has 0 saturated carbocycles. The molecule has 5 rings (SSSR count). The first-order chi connectivity index (χ1) is 15.1. The van der Waals surface area contributed by atoms with Gasteiger partial charge in [0.15, 0.2) is 5.60 Å². The second-order valence-corrected chi connectivity index (χ2v) is 8.78. The summed E-state index contributed by atoms with van der Waals surface area (Å²) in [6.45, 7) is 2.07. The Bertz CT molecular complexity index is 1080. The maximum absolute atomic E-state index is 13.8. The van der Waals surface area contributed by atoms with Crippen molar-refractivity contribution in [2.75, 3.05) is 26.2 Å². The van der Waals surface area contributed by atoms with Gasteiger partial charge in [0.05, 0.1) is 13.2 Å². The smallest absolute Gasteiger partial charge is 0.274 e. The molecule has 9 heteroatoms. The number of carbonyl (C=O) groups excluding carboxylic acids is 2. The van der Waals surface area contributed by atoms with Crippen molar-refractivity contribution in [1.29, 1.82) is 0 Å². The third-order valence-corrected chi connectivity index (χ3v) is 6.75. The number of rotatable bonds is 4. The molecule has 3 aromatic rings. The van der Waals surface area contributed by atoms with Crippen molar-refractivity contribution in [3.63, 3.8) is 0 Å². The minimum Gasteiger partial charge on any atom is -0.361 e. The minimum absolute atomic E-state index is 0.0740. The molecule has 1 spiro atoms. The average molecular weight is 438 g/mol. The van der Waals surface area contributed by atoms with Crippen molar-refractivity contribution in [2.45, 2.75) is 18.1 Å². The lowest BCUT2D eigenvalue weighted by Gasteiger charge is -2.42. The molecule has 31 heavy (non-hydrogen) atoms. The number of pyridine rings is 1. The van der Waals surface area contributed by atoms with Gasteiger partial charge in [0.1, 0.15) is 5.69 Å². The summed E-state index contributed by atoms with van der Waals surface area (Å²) in [4.78, 5) is 34.7. The Labute approximate surface area is 184 Å². The summed E-state index contributed by atoms with van der Waals surface area (Å²) in [6.07, 6.45) is 5.20. The van der Waals surface area contributed by atoms with Crippen LogP contribution in [0.25, 0.3) is 0 Å². The molecular weight excluding hydrogens is 414 g/mol. The van der Waals surface area contributed by atoms with Gasteiger partial charge in [-0.1, -0.05) is 6.07 Å². The van der Waals surface area contributed by atoms with Crippen LogP contribution in [0.15, 0.2) is 53.6 Å². The quantitative estimate of drug-likeness (QED) is 0.623. The molecule has 2 atom stereocenters. The fraction of sp³-hybridized carbons (Fsp3) is 0.364. The molecule has 0 N–H and O–H groups in total. The zero-order chi connectivity index (χ0) is 21.4. The van der Waals surface area contributed by atoms with Crippen molar-refractivity contribution >= 4 is 23.2 Å². The normalized spacial score (nSPS) is 23.6. The number of morpholine rings is 1. The minimum atomic E-state index is -1.12. The van der Waals surface area contributed by atoms with Crippen LogP contribution in [0.2, 0.25) is 0 Å². The Balaban J connectivity index is 1.49. The van der Waals surface area contributed by atoms with E-state index in [1.54, 1.807) is 52.6 Å². The lowest BCUT2D eigenvalue weighted by Crippen LogP contribution is -2.60. The maximum atomic E-state index is 13.8. The van der Waals surface area contributed by atoms with Gasteiger partial charge in [-0.05, 0) is 40.1 Å². The van der Waals surface area contributed by atoms with Crippen LogP contribution < -0.4 is 0 Å². The lowest BCUT2D eigenvalue weighted by atomic mass is 9.83. The standard InChI is InChI=1S/C22H23N5O3S/c1-25-7-4-19(24-25)20(28)27-13-18(17-3-2-6-23-11-17)22(15-27)21(29)26(8-9-30-22)12-16-5-10-31-14-16/h2-7,10-11,14,18H,8-9,12-13,15H2,1H3/t18-,22-/m1/s1. The highest BCUT2D eigenvalue weighted by atomic mass is 32.1. The Morgan fingerprint density at radius 3 is 2.97 bits per heavy atom. The lowest BCUT2D eigenvalue weighted by molar-refractivity contribution is -0.172. The number of thiophene rings is 1. The SMILES string of the molecule is Cn1ccc(C(=O)N2C[C@H](c3cccnc3)[C@@]3(C2)OCCN(Cc2ccsc2)C3=O)n1. The van der Waals surface area contributed by atoms with Crippen LogP contribution in [0.1, 0.15) is 27.5 Å². The Hall–Kier alpha value is -3.04. The predicted molar refractivity (Wildman–Crippen MR) is 115 cm³/mol. The molecule has 3 aromatic heterocycles. The molecule has 8 nitrogen and oxygen atoms in total. The van der Waals surface area contributed by atoms with E-state index in [0.29, 0.717) is 31.9 Å². The molecule has 0 aliphatic carbocycles. The van der Waals surface area contributed by atoms with E-state index in [1.165, 1.54) is 0 Å². The fourth-order valence-corrected chi connectivity index (χ4v) is 5.17. The molecule has 2 aliphatic rings. The molecule has 0 bridgehead atoms. The van der Waals surface area contributed by atoms with Crippen molar-refractivity contribution in [3.8, 4) is 0 Å². The van der Waals surface area contributed by atoms with Gasteiger partial charge in [-0.2, -0.15) is 16.4 Å². The Morgan fingerprint density at radius 1 is 1.35 bits per heavy atom. The summed E-state index contributed by atoms with van der Waals surface area (Å²) in [5.74, 6) is -0.570. The van der Waals surface area contributed by atoms with Crippen LogP contribution in [0.4, 0.5) is 0 Å². The van der Waals surface area contributed by atoms with Crippen molar-refractivity contribution in [1.82, 2.24) is 24.6 Å². The molecule has 0 radical (unpaired) electrons. The van der Waals surface area contributed by atoms with Crippen LogP contribution in [0, 0.1) is 0 Å². The van der Waals surface area contributed by atoms with Crippen molar-refractivity contribution in [2.24, 2.45) is 7.05 Å². The molecule has 0 unspecified atom stereocenters. The van der Waals surface area contributed by atoms with E-state index < -0.39 is 5.60 Å². The Morgan fingerprint density at radius 2 is 2.26 bits per heavy atom. The largest absolute Gasteiger partial charge is 0.361 e. The van der Waals surface area contributed by atoms with Gasteiger partial charge in [0.2, 0.25) is 0 Å². The van der Waals surface area contributed by atoms with Gasteiger partial charge in [0, 0.05) is 51.2 Å². The van der Waals surface area contributed by atoms with Gasteiger partial charge in [0.25, 0.3) is 11.8 Å². The summed E-state index contributed by atoms with van der Waals surface area (Å²) < 4.78 is 7.84. The van der Waals surface area contributed by atoms with Gasteiger partial charge in [-0.3, -0.25) is 19.3 Å². The third-order valence-electron chi connectivity index (χ3n) is 6.02. The van der Waals surface area contributed by atoms with Crippen molar-refractivity contribution in [3.05, 3.63) is 70.4 Å². The number of aryl methyl sites for hydroxylation is 1. The molecule has 2 amide bonds. The number of likely N-dealkylation sites (tertiary alicyclic amines) is 1. The zero-order valence-electron chi connectivity index (χ0n) is 17.2. The van der Waals surface area contributed by atoms with E-state index in [0.717, 1.165) is 11.1 Å². The molecular formula is C22H23N5O3S. The molecule has 2 aliphatic heterocycles. The average Bonchev–Trinajstić information content (AvgIpc) is 3.53. The summed E-state index contributed by atoms with van der Waals surface area (Å²) in [6, 6.07) is 7.52. The number of hydrogen-bond donors (Lipinski definition) is 0. The van der Waals surface area contributed by atoms with Crippen LogP contribution in [-0.4, -0.2) is 68.2 Å². The van der Waals surface area contributed by atoms with E-state index in [2.05, 4.69) is 15.5 Å². The van der Waals surface area contributed by atoms with Crippen LogP contribution in [0.3, 0.4) is 0 Å². The number of ether oxygens (including phenoxy) is 1. The van der Waals surface area contributed by atoms with Crippen LogP contribution >= 0.6 is 11.3 Å². The summed E-state index contributed by atoms with van der Waals surface area (Å²) in [5, 5.41) is 8.31. The van der Waals surface area contributed by atoms with Crippen molar-refractivity contribution < 1.29 is 14.3 Å². The first kappa shape index (κ1) is 19.9. The van der Waals surface area contributed by atoms with E-state index in [-0.39, 0.29) is 24.3 Å². The molecule has 2 fully saturated rings. The van der Waals surface area contributed by atoms with E-state index in [9.17, 15) is 9.59 Å². The molecule has 0 aromatic carbocycles. The second-order valence-electron chi connectivity index (χ2n) is 8.00. The molecule has 160 valence electrons. The number of nitrogens with zero attached hydrogens (tertiary/aromatic N) is 5. The first-order valence-electron chi connectivity index (χ1n) is 10.2. The van der Waals surface area contributed by atoms with Crippen LogP contribution in [0.5, 0.6) is 0 Å². The predicted octanol–water partition coefficient (Wildman–Crippen LogP) is 1.91. The highest BCUT2D eigenvalue weighted by Gasteiger charge is 2.58. The summed E-state index contributed by atoms with van der Waals surface area (Å²) in [5.41, 5.74) is 1.24. The number of aromatic nitrogens is 3. The van der Waals surface area contributed by atoms with E-state index in [1.807, 2.05) is 28.5 Å². The molecule has 5 heterocycles. The third kappa shape index (κ3) is 3.53. The highest BCUT2D eigenvalue weighted by molar-refractivity contribution is 7.07. The number of hydrogen-bond acceptors (Lipinski definition) is 6. The van der Waals surface area contributed by atoms with Gasteiger partial charge in [-0.25, -0.2) is 0 Å². The number of amides is 2. The second kappa shape index (κ2) is 7.90. The maximum Gasteiger partial charge on any atom is 0.274 e.